The van der Waals surface area contributed by atoms with Gasteiger partial charge in [0.15, 0.2) is 0 Å². The summed E-state index contributed by atoms with van der Waals surface area (Å²) >= 11 is 0. The molecule has 0 aromatic rings. The minimum absolute atomic E-state index is 0.0142. The summed E-state index contributed by atoms with van der Waals surface area (Å²) in [6.07, 6.45) is 0.479. The van der Waals surface area contributed by atoms with Crippen LogP contribution in [-0.2, 0) is 14.2 Å². The van der Waals surface area contributed by atoms with Crippen LogP contribution < -0.4 is 0 Å². The first kappa shape index (κ1) is 14.9. The Morgan fingerprint density at radius 3 is 1.87 bits per heavy atom. The summed E-state index contributed by atoms with van der Waals surface area (Å²) in [5.74, 6) is 0. The van der Waals surface area contributed by atoms with Crippen molar-refractivity contribution in [2.45, 2.75) is 59.0 Å². The van der Waals surface area contributed by atoms with Gasteiger partial charge in [0.2, 0.25) is 0 Å². The smallest absolute Gasteiger partial charge is 0.0784 e. The van der Waals surface area contributed by atoms with Gasteiger partial charge in [-0.2, -0.15) is 0 Å². The molecule has 0 aliphatic rings. The maximum atomic E-state index is 5.58. The molecule has 0 amide bonds. The second-order valence-corrected chi connectivity index (χ2v) is 4.28. The zero-order valence-corrected chi connectivity index (χ0v) is 10.7. The minimum Gasteiger partial charge on any atom is -0.376 e. The van der Waals surface area contributed by atoms with E-state index in [4.69, 9.17) is 14.2 Å². The zero-order chi connectivity index (χ0) is 11.8. The molecule has 3 nitrogen and oxygen atoms in total. The first-order valence-electron chi connectivity index (χ1n) is 5.63. The molecular weight excluding hydrogens is 192 g/mol. The highest BCUT2D eigenvalue weighted by atomic mass is 16.6. The molecule has 0 N–H and O–H groups in total. The lowest BCUT2D eigenvalue weighted by molar-refractivity contribution is -0.0756. The highest BCUT2D eigenvalue weighted by Gasteiger charge is 2.09. The lowest BCUT2D eigenvalue weighted by atomic mass is 10.3. The molecule has 1 radical (unpaired) electrons. The number of hydrogen-bond acceptors (Lipinski definition) is 3. The topological polar surface area (TPSA) is 27.7 Å². The fraction of sp³-hybridized carbons (Fsp3) is 0.917. The van der Waals surface area contributed by atoms with Crippen LogP contribution in [0.5, 0.6) is 0 Å². The zero-order valence-electron chi connectivity index (χ0n) is 10.7. The van der Waals surface area contributed by atoms with Crippen molar-refractivity contribution < 1.29 is 14.2 Å². The Morgan fingerprint density at radius 2 is 1.40 bits per heavy atom. The van der Waals surface area contributed by atoms with E-state index < -0.39 is 0 Å². The summed E-state index contributed by atoms with van der Waals surface area (Å²) in [6.45, 7) is 14.9. The van der Waals surface area contributed by atoms with E-state index in [9.17, 15) is 0 Å². The Kier molecular flexibility index (Phi) is 8.02. The average molecular weight is 217 g/mol. The largest absolute Gasteiger partial charge is 0.376 e. The van der Waals surface area contributed by atoms with Gasteiger partial charge in [-0.05, 0) is 41.5 Å². The van der Waals surface area contributed by atoms with Crippen molar-refractivity contribution in [2.75, 3.05) is 13.2 Å². The standard InChI is InChI=1S/C12H25O3/c1-9(2)13-7-11(5)14-8-12(6)15-10(3)4/h9-12H,1,7-8H2,2-6H3. The molecule has 0 saturated heterocycles. The normalized spacial score (nSPS) is 16.0. The Morgan fingerprint density at radius 1 is 0.867 bits per heavy atom. The van der Waals surface area contributed by atoms with Crippen LogP contribution in [0.4, 0.5) is 0 Å². The lowest BCUT2D eigenvalue weighted by Gasteiger charge is -2.20. The number of hydrogen-bond donors (Lipinski definition) is 0. The first-order chi connectivity index (χ1) is 6.91. The van der Waals surface area contributed by atoms with Gasteiger partial charge in [-0.3, -0.25) is 0 Å². The summed E-state index contributed by atoms with van der Waals surface area (Å²) in [7, 11) is 0. The third-order valence-electron chi connectivity index (χ3n) is 1.74. The highest BCUT2D eigenvalue weighted by molar-refractivity contribution is 4.56. The third-order valence-corrected chi connectivity index (χ3v) is 1.74. The molecular formula is C12H25O3. The van der Waals surface area contributed by atoms with Gasteiger partial charge in [0.05, 0.1) is 37.6 Å². The van der Waals surface area contributed by atoms with Crippen molar-refractivity contribution in [1.29, 1.82) is 0 Å². The monoisotopic (exact) mass is 217 g/mol. The van der Waals surface area contributed by atoms with Crippen LogP contribution >= 0.6 is 0 Å². The molecule has 0 aromatic heterocycles. The predicted molar refractivity (Wildman–Crippen MR) is 61.9 cm³/mol. The Bertz CT molecular complexity index is 146. The van der Waals surface area contributed by atoms with Gasteiger partial charge >= 0.3 is 0 Å². The van der Waals surface area contributed by atoms with E-state index in [1.165, 1.54) is 0 Å². The van der Waals surface area contributed by atoms with E-state index in [2.05, 4.69) is 6.92 Å². The fourth-order valence-electron chi connectivity index (χ4n) is 1.15. The van der Waals surface area contributed by atoms with Gasteiger partial charge in [0, 0.05) is 0 Å². The van der Waals surface area contributed by atoms with Crippen molar-refractivity contribution >= 4 is 0 Å². The van der Waals surface area contributed by atoms with Crippen LogP contribution in [-0.4, -0.2) is 37.6 Å². The molecule has 3 atom stereocenters. The van der Waals surface area contributed by atoms with Gasteiger partial charge in [0.25, 0.3) is 0 Å². The van der Waals surface area contributed by atoms with Gasteiger partial charge in [-0.25, -0.2) is 0 Å². The van der Waals surface area contributed by atoms with E-state index in [0.717, 1.165) is 0 Å². The maximum Gasteiger partial charge on any atom is 0.0784 e. The molecule has 0 fully saturated rings. The predicted octanol–water partition coefficient (Wildman–Crippen LogP) is 2.44. The molecule has 0 aliphatic heterocycles. The average Bonchev–Trinajstić information content (AvgIpc) is 2.10. The van der Waals surface area contributed by atoms with Crippen molar-refractivity contribution in [3.05, 3.63) is 6.92 Å². The van der Waals surface area contributed by atoms with Crippen LogP contribution in [0.3, 0.4) is 0 Å². The Hall–Kier alpha value is -0.120. The van der Waals surface area contributed by atoms with Crippen LogP contribution in [0.25, 0.3) is 0 Å². The maximum absolute atomic E-state index is 5.58. The van der Waals surface area contributed by atoms with Crippen LogP contribution in [0, 0.1) is 6.92 Å². The van der Waals surface area contributed by atoms with Gasteiger partial charge in [0.1, 0.15) is 0 Å². The molecule has 0 bridgehead atoms. The van der Waals surface area contributed by atoms with Crippen molar-refractivity contribution in [2.24, 2.45) is 0 Å². The molecule has 3 heteroatoms. The minimum atomic E-state index is 0.0142. The summed E-state index contributed by atoms with van der Waals surface area (Å²) < 4.78 is 16.5. The molecule has 3 unspecified atom stereocenters. The Labute approximate surface area is 94.1 Å². The van der Waals surface area contributed by atoms with Gasteiger partial charge < -0.3 is 14.2 Å². The summed E-state index contributed by atoms with van der Waals surface area (Å²) in [6, 6.07) is 0. The van der Waals surface area contributed by atoms with Crippen LogP contribution in [0.2, 0.25) is 0 Å². The quantitative estimate of drug-likeness (QED) is 0.625. The summed E-state index contributed by atoms with van der Waals surface area (Å²) in [5.41, 5.74) is 0. The molecule has 0 heterocycles. The van der Waals surface area contributed by atoms with Gasteiger partial charge in [-0.1, -0.05) is 0 Å². The van der Waals surface area contributed by atoms with Crippen LogP contribution in [0.1, 0.15) is 34.6 Å². The second kappa shape index (κ2) is 8.08. The number of ether oxygens (including phenoxy) is 3. The van der Waals surface area contributed by atoms with Crippen molar-refractivity contribution in [3.8, 4) is 0 Å². The molecule has 0 saturated carbocycles. The van der Waals surface area contributed by atoms with E-state index in [0.29, 0.717) is 13.2 Å². The molecule has 0 rings (SSSR count). The van der Waals surface area contributed by atoms with Crippen LogP contribution in [0.15, 0.2) is 0 Å². The number of rotatable bonds is 8. The van der Waals surface area contributed by atoms with Crippen molar-refractivity contribution in [1.82, 2.24) is 0 Å². The SMILES string of the molecule is [CH2]C(C)OCC(C)OCC(C)OC(C)C. The molecule has 91 valence electrons. The Balaban J connectivity index is 3.48. The molecule has 0 aliphatic carbocycles. The van der Waals surface area contributed by atoms with E-state index in [1.807, 2.05) is 34.6 Å². The summed E-state index contributed by atoms with van der Waals surface area (Å²) in [5, 5.41) is 0. The first-order valence-corrected chi connectivity index (χ1v) is 5.63. The molecule has 15 heavy (non-hydrogen) atoms. The molecule has 0 aromatic carbocycles. The van der Waals surface area contributed by atoms with E-state index in [-0.39, 0.29) is 24.4 Å². The molecule has 0 spiro atoms. The van der Waals surface area contributed by atoms with Gasteiger partial charge in [-0.15, -0.1) is 0 Å². The lowest BCUT2D eigenvalue weighted by Crippen LogP contribution is -2.26. The second-order valence-electron chi connectivity index (χ2n) is 4.28. The van der Waals surface area contributed by atoms with E-state index in [1.54, 1.807) is 0 Å². The third kappa shape index (κ3) is 10.2. The van der Waals surface area contributed by atoms with Crippen molar-refractivity contribution in [3.63, 3.8) is 0 Å². The fourth-order valence-corrected chi connectivity index (χ4v) is 1.15. The summed E-state index contributed by atoms with van der Waals surface area (Å²) in [4.78, 5) is 0. The van der Waals surface area contributed by atoms with E-state index >= 15 is 0 Å². The highest BCUT2D eigenvalue weighted by Crippen LogP contribution is 2.01.